The summed E-state index contributed by atoms with van der Waals surface area (Å²) in [5.41, 5.74) is 0.916. The monoisotopic (exact) mass is 242 g/mol. The predicted octanol–water partition coefficient (Wildman–Crippen LogP) is 3.35. The second kappa shape index (κ2) is 4.80. The molecule has 16 heavy (non-hydrogen) atoms. The van der Waals surface area contributed by atoms with E-state index in [0.717, 1.165) is 5.56 Å². The van der Waals surface area contributed by atoms with Crippen LogP contribution in [0, 0.1) is 10.1 Å². The molecule has 0 atom stereocenters. The molecule has 0 fully saturated rings. The molecule has 0 N–H and O–H groups in total. The van der Waals surface area contributed by atoms with Crippen LogP contribution in [-0.2, 0) is 6.54 Å². The Morgan fingerprint density at radius 3 is 2.19 bits per heavy atom. The highest BCUT2D eigenvalue weighted by Crippen LogP contribution is 2.20. The molecule has 88 valence electrons. The van der Waals surface area contributed by atoms with Crippen molar-refractivity contribution < 1.29 is 4.92 Å². The molecule has 0 aliphatic rings. The second-order valence-electron chi connectivity index (χ2n) is 4.61. The Morgan fingerprint density at radius 1 is 1.31 bits per heavy atom. The van der Waals surface area contributed by atoms with E-state index in [1.54, 1.807) is 16.6 Å². The molecular formula is C11H15ClN2O2. The quantitative estimate of drug-likeness (QED) is 0.464. The molecule has 4 nitrogen and oxygen atoms in total. The molecule has 0 radical (unpaired) electrons. The molecule has 5 heteroatoms. The first-order valence-corrected chi connectivity index (χ1v) is 5.31. The van der Waals surface area contributed by atoms with Gasteiger partial charge in [-0.3, -0.25) is 10.1 Å². The minimum Gasteiger partial charge on any atom is -0.258 e. The van der Waals surface area contributed by atoms with Crippen LogP contribution in [0.1, 0.15) is 26.3 Å². The first kappa shape index (κ1) is 12.9. The van der Waals surface area contributed by atoms with Gasteiger partial charge in [0, 0.05) is 24.2 Å². The zero-order valence-electron chi connectivity index (χ0n) is 9.61. The van der Waals surface area contributed by atoms with Gasteiger partial charge in [0.2, 0.25) is 0 Å². The normalized spacial score (nSPS) is 11.8. The first-order valence-electron chi connectivity index (χ1n) is 4.97. The largest absolute Gasteiger partial charge is 0.269 e. The molecule has 0 aliphatic heterocycles. The Bertz CT molecular complexity index is 371. The molecule has 0 bridgehead atoms. The van der Waals surface area contributed by atoms with Crippen molar-refractivity contribution in [2.45, 2.75) is 32.9 Å². The zero-order chi connectivity index (χ0) is 12.3. The summed E-state index contributed by atoms with van der Waals surface area (Å²) in [6.45, 7) is 6.57. The van der Waals surface area contributed by atoms with Gasteiger partial charge in [0.25, 0.3) is 5.69 Å². The molecule has 0 unspecified atom stereocenters. The van der Waals surface area contributed by atoms with Crippen molar-refractivity contribution in [1.29, 1.82) is 0 Å². The summed E-state index contributed by atoms with van der Waals surface area (Å²) in [4.78, 5) is 10.1. The van der Waals surface area contributed by atoms with Crippen molar-refractivity contribution in [1.82, 2.24) is 4.42 Å². The Hall–Kier alpha value is -1.13. The number of benzene rings is 1. The molecular weight excluding hydrogens is 228 g/mol. The lowest BCUT2D eigenvalue weighted by atomic mass is 10.1. The van der Waals surface area contributed by atoms with Crippen molar-refractivity contribution in [2.75, 3.05) is 0 Å². The summed E-state index contributed by atoms with van der Waals surface area (Å²) < 4.78 is 1.67. The molecule has 0 spiro atoms. The van der Waals surface area contributed by atoms with E-state index < -0.39 is 4.92 Å². The average Bonchev–Trinajstić information content (AvgIpc) is 2.17. The zero-order valence-corrected chi connectivity index (χ0v) is 10.4. The van der Waals surface area contributed by atoms with Gasteiger partial charge in [-0.25, -0.2) is 4.42 Å². The summed E-state index contributed by atoms with van der Waals surface area (Å²) in [5, 5.41) is 10.5. The van der Waals surface area contributed by atoms with Crippen LogP contribution in [0.4, 0.5) is 5.69 Å². The SMILES string of the molecule is CC(C)(C)N(Cl)Cc1ccc([N+](=O)[O-])cc1. The van der Waals surface area contributed by atoms with E-state index in [9.17, 15) is 10.1 Å². The highest BCUT2D eigenvalue weighted by molar-refractivity contribution is 6.13. The number of nitro benzene ring substituents is 1. The minimum atomic E-state index is -0.411. The second-order valence-corrected chi connectivity index (χ2v) is 5.02. The first-order chi connectivity index (χ1) is 7.30. The Kier molecular flexibility index (Phi) is 3.88. The molecule has 0 heterocycles. The summed E-state index contributed by atoms with van der Waals surface area (Å²) >= 11 is 6.09. The van der Waals surface area contributed by atoms with E-state index >= 15 is 0 Å². The molecule has 1 rings (SSSR count). The van der Waals surface area contributed by atoms with Gasteiger partial charge in [-0.15, -0.1) is 0 Å². The van der Waals surface area contributed by atoms with Gasteiger partial charge >= 0.3 is 0 Å². The standard InChI is InChI=1S/C11H15ClN2O2/c1-11(2,3)13(12)8-9-4-6-10(7-5-9)14(15)16/h4-7H,8H2,1-3H3. The third-order valence-electron chi connectivity index (χ3n) is 2.20. The Balaban J connectivity index is 2.73. The smallest absolute Gasteiger partial charge is 0.258 e. The van der Waals surface area contributed by atoms with Crippen molar-refractivity contribution in [2.24, 2.45) is 0 Å². The summed E-state index contributed by atoms with van der Waals surface area (Å²) in [5.74, 6) is 0. The lowest BCUT2D eigenvalue weighted by molar-refractivity contribution is -0.384. The summed E-state index contributed by atoms with van der Waals surface area (Å²) in [7, 11) is 0. The van der Waals surface area contributed by atoms with Gasteiger partial charge in [-0.1, -0.05) is 12.1 Å². The van der Waals surface area contributed by atoms with Gasteiger partial charge < -0.3 is 0 Å². The van der Waals surface area contributed by atoms with Crippen molar-refractivity contribution in [3.63, 3.8) is 0 Å². The van der Waals surface area contributed by atoms with E-state index in [0.29, 0.717) is 6.54 Å². The number of hydrogen-bond acceptors (Lipinski definition) is 3. The third-order valence-corrected chi connectivity index (χ3v) is 2.82. The molecule has 0 saturated carbocycles. The molecule has 0 aromatic heterocycles. The van der Waals surface area contributed by atoms with Gasteiger partial charge in [-0.05, 0) is 38.1 Å². The molecule has 1 aromatic carbocycles. The van der Waals surface area contributed by atoms with Crippen LogP contribution >= 0.6 is 11.8 Å². The highest BCUT2D eigenvalue weighted by Gasteiger charge is 2.19. The van der Waals surface area contributed by atoms with Gasteiger partial charge in [0.15, 0.2) is 0 Å². The number of nitro groups is 1. The summed E-state index contributed by atoms with van der Waals surface area (Å²) in [6.07, 6.45) is 0. The van der Waals surface area contributed by atoms with Crippen LogP contribution in [0.15, 0.2) is 24.3 Å². The number of rotatable bonds is 3. The topological polar surface area (TPSA) is 46.4 Å². The Morgan fingerprint density at radius 2 is 1.81 bits per heavy atom. The van der Waals surface area contributed by atoms with E-state index in [-0.39, 0.29) is 11.2 Å². The van der Waals surface area contributed by atoms with Crippen LogP contribution in [0.2, 0.25) is 0 Å². The van der Waals surface area contributed by atoms with E-state index in [2.05, 4.69) is 0 Å². The van der Waals surface area contributed by atoms with Crippen LogP contribution in [-0.4, -0.2) is 14.9 Å². The van der Waals surface area contributed by atoms with E-state index in [1.807, 2.05) is 20.8 Å². The highest BCUT2D eigenvalue weighted by atomic mass is 35.5. The van der Waals surface area contributed by atoms with Crippen molar-refractivity contribution >= 4 is 17.5 Å². The van der Waals surface area contributed by atoms with Gasteiger partial charge in [-0.2, -0.15) is 0 Å². The fraction of sp³-hybridized carbons (Fsp3) is 0.455. The van der Waals surface area contributed by atoms with Crippen molar-refractivity contribution in [3.05, 3.63) is 39.9 Å². The number of non-ortho nitro benzene ring substituents is 1. The van der Waals surface area contributed by atoms with Crippen LogP contribution in [0.3, 0.4) is 0 Å². The van der Waals surface area contributed by atoms with E-state index in [4.69, 9.17) is 11.8 Å². The maximum atomic E-state index is 10.5. The number of halogens is 1. The fourth-order valence-corrected chi connectivity index (χ4v) is 1.26. The van der Waals surface area contributed by atoms with Crippen LogP contribution < -0.4 is 0 Å². The van der Waals surface area contributed by atoms with Crippen LogP contribution in [0.25, 0.3) is 0 Å². The maximum Gasteiger partial charge on any atom is 0.269 e. The van der Waals surface area contributed by atoms with Crippen LogP contribution in [0.5, 0.6) is 0 Å². The van der Waals surface area contributed by atoms with Gasteiger partial charge in [0.1, 0.15) is 0 Å². The number of hydrogen-bond donors (Lipinski definition) is 0. The number of nitrogens with zero attached hydrogens (tertiary/aromatic N) is 2. The molecule has 0 aliphatic carbocycles. The summed E-state index contributed by atoms with van der Waals surface area (Å²) in [6, 6.07) is 6.42. The van der Waals surface area contributed by atoms with Crippen molar-refractivity contribution in [3.8, 4) is 0 Å². The molecule has 0 amide bonds. The minimum absolute atomic E-state index is 0.0978. The molecule has 1 aromatic rings. The third kappa shape index (κ3) is 3.47. The predicted molar refractivity (Wildman–Crippen MR) is 64.2 cm³/mol. The Labute approximate surface area is 100 Å². The van der Waals surface area contributed by atoms with Gasteiger partial charge in [0.05, 0.1) is 4.92 Å². The average molecular weight is 243 g/mol. The maximum absolute atomic E-state index is 10.5. The molecule has 0 saturated heterocycles. The fourth-order valence-electron chi connectivity index (χ4n) is 1.12. The van der Waals surface area contributed by atoms with E-state index in [1.165, 1.54) is 12.1 Å². The lowest BCUT2D eigenvalue weighted by Crippen LogP contribution is -2.33. The lowest BCUT2D eigenvalue weighted by Gasteiger charge is -2.28.